The first kappa shape index (κ1) is 2.22. The predicted octanol–water partition coefficient (Wildman–Crippen LogP) is 1.23. The van der Waals surface area contributed by atoms with Crippen LogP contribution in [-0.2, 0) is 0 Å². The maximum Gasteiger partial charge on any atom is -0.0349 e. The highest BCUT2D eigenvalue weighted by atomic mass is 14.5. The molecule has 2 unspecified atom stereocenters. The molecule has 2 rings (SSSR count). The molecule has 0 N–H and O–H groups in total. The van der Waals surface area contributed by atoms with E-state index in [1.807, 2.05) is 0 Å². The van der Waals surface area contributed by atoms with Crippen molar-refractivity contribution in [1.29, 1.82) is 0 Å². The van der Waals surface area contributed by atoms with Crippen LogP contribution >= 0.6 is 0 Å². The molecule has 2 atom stereocenters. The van der Waals surface area contributed by atoms with Gasteiger partial charge in [-0.1, -0.05) is 0 Å². The Labute approximate surface area is 32.2 Å². The van der Waals surface area contributed by atoms with Gasteiger partial charge in [0, 0.05) is 0 Å². The fourth-order valence-electron chi connectivity index (χ4n) is 0.984. The minimum absolute atomic E-state index is 1.11. The van der Waals surface area contributed by atoms with Gasteiger partial charge in [0.2, 0.25) is 0 Å². The fraction of sp³-hybridized carbons (Fsp3) is 0.800. The van der Waals surface area contributed by atoms with Crippen LogP contribution in [0.2, 0.25) is 0 Å². The molecular formula is C5H7. The van der Waals surface area contributed by atoms with E-state index in [0.717, 1.165) is 5.92 Å². The molecule has 5 heavy (non-hydrogen) atoms. The lowest BCUT2D eigenvalue weighted by Gasteiger charge is -2.04. The van der Waals surface area contributed by atoms with Crippen LogP contribution in [0.15, 0.2) is 0 Å². The first-order chi connectivity index (χ1) is 2.47. The van der Waals surface area contributed by atoms with E-state index in [0.29, 0.717) is 0 Å². The molecule has 0 spiro atoms. The van der Waals surface area contributed by atoms with Crippen molar-refractivity contribution < 1.29 is 0 Å². The molecule has 0 heterocycles. The molecule has 2 aliphatic rings. The van der Waals surface area contributed by atoms with Gasteiger partial charge in [0.1, 0.15) is 0 Å². The molecule has 0 heteroatoms. The van der Waals surface area contributed by atoms with Crippen molar-refractivity contribution in [2.45, 2.75) is 12.8 Å². The molecule has 0 amide bonds. The molecule has 0 aliphatic heterocycles. The Hall–Kier alpha value is 0. The second-order valence-electron chi connectivity index (χ2n) is 2.13. The van der Waals surface area contributed by atoms with Gasteiger partial charge in [-0.2, -0.15) is 0 Å². The second-order valence-corrected chi connectivity index (χ2v) is 2.13. The Morgan fingerprint density at radius 1 is 1.60 bits per heavy atom. The van der Waals surface area contributed by atoms with E-state index in [9.17, 15) is 0 Å². The number of hydrogen-bond acceptors (Lipinski definition) is 0. The molecule has 0 aromatic rings. The Balaban J connectivity index is 2.19. The van der Waals surface area contributed by atoms with Crippen LogP contribution in [0.3, 0.4) is 0 Å². The molecule has 2 aliphatic carbocycles. The summed E-state index contributed by atoms with van der Waals surface area (Å²) >= 11 is 0. The van der Waals surface area contributed by atoms with Crippen LogP contribution in [0.4, 0.5) is 0 Å². The largest absolute Gasteiger partial charge is 0.0468 e. The smallest absolute Gasteiger partial charge is 0.0349 e. The fourth-order valence-corrected chi connectivity index (χ4v) is 0.984. The summed E-state index contributed by atoms with van der Waals surface area (Å²) in [7, 11) is 0. The normalized spacial score (nSPS) is 57.6. The van der Waals surface area contributed by atoms with Crippen molar-refractivity contribution in [3.8, 4) is 0 Å². The summed E-state index contributed by atoms with van der Waals surface area (Å²) < 4.78 is 0. The lowest BCUT2D eigenvalue weighted by molar-refractivity contribution is 0.610. The molecule has 2 fully saturated rings. The van der Waals surface area contributed by atoms with Crippen molar-refractivity contribution in [1.82, 2.24) is 0 Å². The first-order valence-corrected chi connectivity index (χ1v) is 2.30. The minimum atomic E-state index is 1.11. The van der Waals surface area contributed by atoms with Gasteiger partial charge in [-0.15, -0.1) is 0 Å². The highest BCUT2D eigenvalue weighted by Crippen LogP contribution is 2.54. The lowest BCUT2D eigenvalue weighted by atomic mass is 10.0. The summed E-state index contributed by atoms with van der Waals surface area (Å²) in [6.07, 6.45) is 5.38. The third-order valence-electron chi connectivity index (χ3n) is 1.72. The van der Waals surface area contributed by atoms with E-state index in [1.165, 1.54) is 18.8 Å². The van der Waals surface area contributed by atoms with Crippen LogP contribution in [0.25, 0.3) is 0 Å². The summed E-state index contributed by atoms with van der Waals surface area (Å²) in [6, 6.07) is 0. The standard InChI is InChI=1S/C5H7/c1-2-5-3-4(1)5/h1,4-5H,2-3H2. The van der Waals surface area contributed by atoms with Crippen LogP contribution in [0.1, 0.15) is 12.8 Å². The summed E-state index contributed by atoms with van der Waals surface area (Å²) in [5, 5.41) is 0. The molecule has 0 saturated heterocycles. The van der Waals surface area contributed by atoms with Crippen LogP contribution in [0, 0.1) is 18.3 Å². The molecule has 0 nitrogen and oxygen atoms in total. The Morgan fingerprint density at radius 2 is 2.40 bits per heavy atom. The molecule has 2 saturated carbocycles. The summed E-state index contributed by atoms with van der Waals surface area (Å²) in [6.45, 7) is 0. The van der Waals surface area contributed by atoms with Gasteiger partial charge in [0.15, 0.2) is 0 Å². The van der Waals surface area contributed by atoms with Gasteiger partial charge >= 0.3 is 0 Å². The zero-order valence-corrected chi connectivity index (χ0v) is 3.15. The molecule has 1 radical (unpaired) electrons. The molecular weight excluding hydrogens is 60.1 g/mol. The van der Waals surface area contributed by atoms with E-state index in [-0.39, 0.29) is 0 Å². The van der Waals surface area contributed by atoms with Crippen molar-refractivity contribution in [3.05, 3.63) is 6.42 Å². The van der Waals surface area contributed by atoms with Crippen molar-refractivity contribution in [3.63, 3.8) is 0 Å². The van der Waals surface area contributed by atoms with Crippen molar-refractivity contribution >= 4 is 0 Å². The van der Waals surface area contributed by atoms with Gasteiger partial charge < -0.3 is 0 Å². The Bertz CT molecular complexity index is 45.1. The van der Waals surface area contributed by atoms with Crippen LogP contribution < -0.4 is 0 Å². The summed E-state index contributed by atoms with van der Waals surface area (Å²) in [5.41, 5.74) is 0. The van der Waals surface area contributed by atoms with E-state index >= 15 is 0 Å². The van der Waals surface area contributed by atoms with E-state index < -0.39 is 0 Å². The summed E-state index contributed by atoms with van der Waals surface area (Å²) in [4.78, 5) is 0. The summed E-state index contributed by atoms with van der Waals surface area (Å²) in [5.74, 6) is 2.28. The predicted molar refractivity (Wildman–Crippen MR) is 20.5 cm³/mol. The zero-order valence-electron chi connectivity index (χ0n) is 3.15. The topological polar surface area (TPSA) is 0 Å². The highest BCUT2D eigenvalue weighted by molar-refractivity contribution is 5.08. The average Bonchev–Trinajstić information content (AvgIpc) is 1.74. The monoisotopic (exact) mass is 67.1 g/mol. The van der Waals surface area contributed by atoms with Crippen molar-refractivity contribution in [2.24, 2.45) is 11.8 Å². The Kier molecular flexibility index (Phi) is 0.198. The number of fused-ring (bicyclic) bond motifs is 1. The minimum Gasteiger partial charge on any atom is -0.0468 e. The SMILES string of the molecule is [CH]1CC2CC12. The van der Waals surface area contributed by atoms with Crippen LogP contribution in [-0.4, -0.2) is 0 Å². The van der Waals surface area contributed by atoms with E-state index in [4.69, 9.17) is 0 Å². The van der Waals surface area contributed by atoms with Gasteiger partial charge in [-0.3, -0.25) is 0 Å². The maximum absolute atomic E-state index is 2.42. The van der Waals surface area contributed by atoms with Gasteiger partial charge in [0.05, 0.1) is 0 Å². The number of hydrogen-bond donors (Lipinski definition) is 0. The first-order valence-electron chi connectivity index (χ1n) is 2.30. The second kappa shape index (κ2) is 0.444. The zero-order chi connectivity index (χ0) is 3.28. The van der Waals surface area contributed by atoms with Gasteiger partial charge in [-0.25, -0.2) is 0 Å². The average molecular weight is 67.1 g/mol. The quantitative estimate of drug-likeness (QED) is 0.399. The van der Waals surface area contributed by atoms with Crippen molar-refractivity contribution in [2.75, 3.05) is 0 Å². The highest BCUT2D eigenvalue weighted by Gasteiger charge is 2.44. The van der Waals surface area contributed by atoms with E-state index in [2.05, 4.69) is 6.42 Å². The molecule has 0 aromatic carbocycles. The van der Waals surface area contributed by atoms with Gasteiger partial charge in [0.25, 0.3) is 0 Å². The molecule has 0 aromatic heterocycles. The molecule has 27 valence electrons. The third kappa shape index (κ3) is 0.132. The third-order valence-corrected chi connectivity index (χ3v) is 1.72. The van der Waals surface area contributed by atoms with E-state index in [1.54, 1.807) is 0 Å². The number of rotatable bonds is 0. The molecule has 0 bridgehead atoms. The lowest BCUT2D eigenvalue weighted by Crippen LogP contribution is -1.94. The van der Waals surface area contributed by atoms with Crippen LogP contribution in [0.5, 0.6) is 0 Å². The maximum atomic E-state index is 2.42. The van der Waals surface area contributed by atoms with Gasteiger partial charge in [-0.05, 0) is 31.1 Å². The Morgan fingerprint density at radius 3 is 2.40 bits per heavy atom.